The molecule has 2 rings (SSSR count). The second-order valence-corrected chi connectivity index (χ2v) is 6.23. The topological polar surface area (TPSA) is 72.2 Å². The Morgan fingerprint density at radius 1 is 1.26 bits per heavy atom. The lowest BCUT2D eigenvalue weighted by atomic mass is 10.2. The molecule has 0 heterocycles. The van der Waals surface area contributed by atoms with Crippen LogP contribution in [0.4, 0.5) is 13.2 Å². The molecule has 0 aliphatic heterocycles. The highest BCUT2D eigenvalue weighted by Crippen LogP contribution is 2.38. The van der Waals surface area contributed by atoms with Crippen LogP contribution in [-0.2, 0) is 16.2 Å². The van der Waals surface area contributed by atoms with Gasteiger partial charge in [-0.1, -0.05) is 12.1 Å². The van der Waals surface area contributed by atoms with E-state index in [-0.39, 0.29) is 6.54 Å². The molecule has 0 aromatic heterocycles. The zero-order chi connectivity index (χ0) is 14.3. The summed E-state index contributed by atoms with van der Waals surface area (Å²) >= 11 is 0. The third-order valence-electron chi connectivity index (χ3n) is 3.08. The lowest BCUT2D eigenvalue weighted by Gasteiger charge is -2.18. The van der Waals surface area contributed by atoms with Gasteiger partial charge in [0.25, 0.3) is 0 Å². The van der Waals surface area contributed by atoms with Crippen molar-refractivity contribution < 1.29 is 21.6 Å². The minimum Gasteiger partial charge on any atom is -0.329 e. The van der Waals surface area contributed by atoms with Gasteiger partial charge in [0.2, 0.25) is 10.0 Å². The summed E-state index contributed by atoms with van der Waals surface area (Å²) in [6.45, 7) is 0.0699. The summed E-state index contributed by atoms with van der Waals surface area (Å²) < 4.78 is 64.7. The van der Waals surface area contributed by atoms with Crippen molar-refractivity contribution in [3.05, 3.63) is 29.8 Å². The molecule has 1 saturated carbocycles. The van der Waals surface area contributed by atoms with Crippen molar-refractivity contribution in [2.75, 3.05) is 6.54 Å². The maximum absolute atomic E-state index is 12.8. The Morgan fingerprint density at radius 2 is 1.84 bits per heavy atom. The van der Waals surface area contributed by atoms with Gasteiger partial charge in [0, 0.05) is 12.1 Å². The van der Waals surface area contributed by atoms with Gasteiger partial charge in [-0.2, -0.15) is 13.2 Å². The molecular formula is C11H13F3N2O2S. The lowest BCUT2D eigenvalue weighted by Crippen LogP contribution is -2.42. The van der Waals surface area contributed by atoms with Crippen LogP contribution < -0.4 is 10.5 Å². The molecule has 8 heteroatoms. The smallest absolute Gasteiger partial charge is 0.329 e. The van der Waals surface area contributed by atoms with Crippen LogP contribution in [0.15, 0.2) is 29.2 Å². The Hall–Kier alpha value is -1.12. The Labute approximate surface area is 108 Å². The lowest BCUT2D eigenvalue weighted by molar-refractivity contribution is -0.139. The van der Waals surface area contributed by atoms with E-state index in [1.54, 1.807) is 0 Å². The molecule has 0 bridgehead atoms. The van der Waals surface area contributed by atoms with E-state index in [1.807, 2.05) is 0 Å². The van der Waals surface area contributed by atoms with Gasteiger partial charge in [-0.05, 0) is 25.0 Å². The van der Waals surface area contributed by atoms with E-state index in [0.29, 0.717) is 12.8 Å². The van der Waals surface area contributed by atoms with Gasteiger partial charge in [0.15, 0.2) is 0 Å². The first-order valence-corrected chi connectivity index (χ1v) is 7.09. The molecule has 0 unspecified atom stereocenters. The summed E-state index contributed by atoms with van der Waals surface area (Å²) in [4.78, 5) is -0.762. The van der Waals surface area contributed by atoms with Crippen molar-refractivity contribution in [3.63, 3.8) is 0 Å². The fourth-order valence-corrected chi connectivity index (χ4v) is 3.47. The number of rotatable bonds is 4. The summed E-state index contributed by atoms with van der Waals surface area (Å²) in [6, 6.07) is 4.10. The number of nitrogens with one attached hydrogen (secondary N) is 1. The Bertz CT molecular complexity index is 580. The van der Waals surface area contributed by atoms with Gasteiger partial charge < -0.3 is 5.73 Å². The zero-order valence-electron chi connectivity index (χ0n) is 9.87. The van der Waals surface area contributed by atoms with Gasteiger partial charge in [-0.25, -0.2) is 13.1 Å². The molecule has 0 radical (unpaired) electrons. The van der Waals surface area contributed by atoms with Crippen LogP contribution in [0.1, 0.15) is 18.4 Å². The predicted octanol–water partition coefficient (Wildman–Crippen LogP) is 1.48. The van der Waals surface area contributed by atoms with E-state index in [4.69, 9.17) is 5.73 Å². The van der Waals surface area contributed by atoms with Crippen LogP contribution in [0.5, 0.6) is 0 Å². The molecule has 106 valence electrons. The summed E-state index contributed by atoms with van der Waals surface area (Å²) in [5.41, 5.74) is 3.48. The Morgan fingerprint density at radius 3 is 2.32 bits per heavy atom. The molecule has 1 aromatic carbocycles. The van der Waals surface area contributed by atoms with E-state index in [0.717, 1.165) is 18.2 Å². The molecule has 0 atom stereocenters. The highest BCUT2D eigenvalue weighted by molar-refractivity contribution is 7.89. The van der Waals surface area contributed by atoms with Crippen molar-refractivity contribution in [2.24, 2.45) is 5.73 Å². The summed E-state index contributed by atoms with van der Waals surface area (Å²) in [6.07, 6.45) is -3.64. The standard InChI is InChI=1S/C11H13F3N2O2S/c12-11(13,14)8-3-1-2-4-9(8)19(17,18)16-10(7-15)5-6-10/h1-4,16H,5-7,15H2. The fraction of sp³-hybridized carbons (Fsp3) is 0.455. The minimum atomic E-state index is -4.72. The van der Waals surface area contributed by atoms with Crippen LogP contribution in [0.25, 0.3) is 0 Å². The average Bonchev–Trinajstić information content (AvgIpc) is 3.08. The molecule has 1 fully saturated rings. The predicted molar refractivity (Wildman–Crippen MR) is 62.8 cm³/mol. The number of sulfonamides is 1. The van der Waals surface area contributed by atoms with Crippen molar-refractivity contribution >= 4 is 10.0 Å². The van der Waals surface area contributed by atoms with Gasteiger partial charge in [0.1, 0.15) is 0 Å². The number of hydrogen-bond acceptors (Lipinski definition) is 3. The first-order valence-electron chi connectivity index (χ1n) is 5.60. The first-order chi connectivity index (χ1) is 8.70. The third-order valence-corrected chi connectivity index (χ3v) is 4.71. The normalized spacial score (nSPS) is 18.3. The second-order valence-electron chi connectivity index (χ2n) is 4.58. The number of hydrogen-bond donors (Lipinski definition) is 2. The summed E-state index contributed by atoms with van der Waals surface area (Å²) in [7, 11) is -4.23. The largest absolute Gasteiger partial charge is 0.417 e. The molecule has 19 heavy (non-hydrogen) atoms. The number of benzene rings is 1. The monoisotopic (exact) mass is 294 g/mol. The van der Waals surface area contributed by atoms with E-state index in [9.17, 15) is 21.6 Å². The van der Waals surface area contributed by atoms with E-state index < -0.39 is 32.2 Å². The molecule has 0 saturated heterocycles. The molecule has 0 spiro atoms. The SMILES string of the molecule is NCC1(NS(=O)(=O)c2ccccc2C(F)(F)F)CC1. The van der Waals surface area contributed by atoms with E-state index in [1.165, 1.54) is 6.07 Å². The fourth-order valence-electron chi connectivity index (χ4n) is 1.77. The molecule has 1 aliphatic carbocycles. The minimum absolute atomic E-state index is 0.0699. The third kappa shape index (κ3) is 2.90. The Balaban J connectivity index is 2.41. The van der Waals surface area contributed by atoms with Gasteiger partial charge in [0.05, 0.1) is 10.5 Å². The molecule has 3 N–H and O–H groups in total. The van der Waals surface area contributed by atoms with Gasteiger partial charge in [-0.3, -0.25) is 0 Å². The van der Waals surface area contributed by atoms with Crippen molar-refractivity contribution in [1.29, 1.82) is 0 Å². The van der Waals surface area contributed by atoms with Crippen LogP contribution in [0.2, 0.25) is 0 Å². The van der Waals surface area contributed by atoms with Crippen LogP contribution >= 0.6 is 0 Å². The second kappa shape index (κ2) is 4.46. The highest BCUT2D eigenvalue weighted by atomic mass is 32.2. The number of halogens is 3. The number of nitrogens with two attached hydrogens (primary N) is 1. The maximum atomic E-state index is 12.8. The highest BCUT2D eigenvalue weighted by Gasteiger charge is 2.46. The van der Waals surface area contributed by atoms with Crippen molar-refractivity contribution in [2.45, 2.75) is 29.5 Å². The van der Waals surface area contributed by atoms with Crippen LogP contribution in [0, 0.1) is 0 Å². The maximum Gasteiger partial charge on any atom is 0.417 e. The van der Waals surface area contributed by atoms with E-state index >= 15 is 0 Å². The molecule has 1 aliphatic rings. The molecular weight excluding hydrogens is 281 g/mol. The van der Waals surface area contributed by atoms with Gasteiger partial charge >= 0.3 is 6.18 Å². The van der Waals surface area contributed by atoms with Crippen LogP contribution in [0.3, 0.4) is 0 Å². The first kappa shape index (κ1) is 14.3. The Kier molecular flexibility index (Phi) is 3.36. The molecule has 4 nitrogen and oxygen atoms in total. The average molecular weight is 294 g/mol. The van der Waals surface area contributed by atoms with Crippen molar-refractivity contribution in [3.8, 4) is 0 Å². The summed E-state index contributed by atoms with van der Waals surface area (Å²) in [5, 5.41) is 0. The number of alkyl halides is 3. The quantitative estimate of drug-likeness (QED) is 0.883. The van der Waals surface area contributed by atoms with E-state index in [2.05, 4.69) is 4.72 Å². The molecule has 0 amide bonds. The molecule has 1 aromatic rings. The zero-order valence-corrected chi connectivity index (χ0v) is 10.7. The summed E-state index contributed by atoms with van der Waals surface area (Å²) in [5.74, 6) is 0. The van der Waals surface area contributed by atoms with Crippen molar-refractivity contribution in [1.82, 2.24) is 4.72 Å². The van der Waals surface area contributed by atoms with Gasteiger partial charge in [-0.15, -0.1) is 0 Å². The van der Waals surface area contributed by atoms with Crippen LogP contribution in [-0.4, -0.2) is 20.5 Å².